The Balaban J connectivity index is 2.58. The van der Waals surface area contributed by atoms with Gasteiger partial charge in [-0.2, -0.15) is 0 Å². The number of primary amides is 1. The lowest BCUT2D eigenvalue weighted by Gasteiger charge is -2.12. The van der Waals surface area contributed by atoms with E-state index in [1.807, 2.05) is 12.1 Å². The van der Waals surface area contributed by atoms with Crippen molar-refractivity contribution in [2.24, 2.45) is 5.73 Å². The van der Waals surface area contributed by atoms with Crippen LogP contribution in [0.2, 0.25) is 0 Å². The van der Waals surface area contributed by atoms with E-state index in [9.17, 15) is 9.59 Å². The molecule has 0 fully saturated rings. The fourth-order valence-corrected chi connectivity index (χ4v) is 1.38. The first-order valence-electron chi connectivity index (χ1n) is 5.31. The Hall–Kier alpha value is -1.88. The van der Waals surface area contributed by atoms with E-state index in [1.54, 1.807) is 26.2 Å². The van der Waals surface area contributed by atoms with Crippen LogP contribution in [-0.4, -0.2) is 37.4 Å². The molecule has 1 rings (SSSR count). The number of hydrogen-bond acceptors (Lipinski definition) is 3. The fraction of sp³-hybridized carbons (Fsp3) is 0.333. The predicted molar refractivity (Wildman–Crippen MR) is 65.4 cm³/mol. The SMILES string of the molecule is CN(C)C(=O)CNCc1ccccc1C(N)=O. The Morgan fingerprint density at radius 1 is 1.29 bits per heavy atom. The second kappa shape index (κ2) is 6.00. The first-order valence-corrected chi connectivity index (χ1v) is 5.31. The van der Waals surface area contributed by atoms with Crippen molar-refractivity contribution >= 4 is 11.8 Å². The number of likely N-dealkylation sites (N-methyl/N-ethyl adjacent to an activating group) is 1. The van der Waals surface area contributed by atoms with E-state index in [4.69, 9.17) is 5.73 Å². The van der Waals surface area contributed by atoms with Gasteiger partial charge in [0.05, 0.1) is 6.54 Å². The van der Waals surface area contributed by atoms with Crippen LogP contribution in [0.4, 0.5) is 0 Å². The Morgan fingerprint density at radius 2 is 1.94 bits per heavy atom. The summed E-state index contributed by atoms with van der Waals surface area (Å²) in [7, 11) is 3.39. The molecule has 0 aliphatic carbocycles. The molecule has 0 atom stereocenters. The molecule has 1 aromatic rings. The van der Waals surface area contributed by atoms with E-state index < -0.39 is 5.91 Å². The molecule has 0 saturated heterocycles. The maximum Gasteiger partial charge on any atom is 0.249 e. The summed E-state index contributed by atoms with van der Waals surface area (Å²) in [6.45, 7) is 0.679. The molecule has 92 valence electrons. The zero-order valence-corrected chi connectivity index (χ0v) is 10.1. The third kappa shape index (κ3) is 3.88. The predicted octanol–water partition coefficient (Wildman–Crippen LogP) is -0.0367. The topological polar surface area (TPSA) is 75.4 Å². The normalized spacial score (nSPS) is 10.0. The molecule has 0 radical (unpaired) electrons. The minimum Gasteiger partial charge on any atom is -0.366 e. The molecule has 2 amide bonds. The van der Waals surface area contributed by atoms with Gasteiger partial charge in [0.15, 0.2) is 0 Å². The van der Waals surface area contributed by atoms with Gasteiger partial charge >= 0.3 is 0 Å². The molecule has 1 aromatic carbocycles. The number of carbonyl (C=O) groups is 2. The Kier molecular flexibility index (Phi) is 4.66. The van der Waals surface area contributed by atoms with Crippen molar-refractivity contribution in [2.75, 3.05) is 20.6 Å². The van der Waals surface area contributed by atoms with Crippen molar-refractivity contribution in [2.45, 2.75) is 6.54 Å². The second-order valence-corrected chi connectivity index (χ2v) is 3.91. The van der Waals surface area contributed by atoms with Crippen LogP contribution in [0, 0.1) is 0 Å². The van der Waals surface area contributed by atoms with Gasteiger partial charge in [-0.15, -0.1) is 0 Å². The Bertz CT molecular complexity index is 416. The molecule has 0 bridgehead atoms. The minimum absolute atomic E-state index is 0.0124. The van der Waals surface area contributed by atoms with Crippen molar-refractivity contribution in [1.29, 1.82) is 0 Å². The summed E-state index contributed by atoms with van der Waals surface area (Å²) in [5.41, 5.74) is 6.53. The number of hydrogen-bond donors (Lipinski definition) is 2. The molecular formula is C12H17N3O2. The quantitative estimate of drug-likeness (QED) is 0.752. The van der Waals surface area contributed by atoms with Gasteiger partial charge in [0.1, 0.15) is 0 Å². The van der Waals surface area contributed by atoms with E-state index >= 15 is 0 Å². The van der Waals surface area contributed by atoms with Crippen molar-refractivity contribution in [3.63, 3.8) is 0 Å². The van der Waals surface area contributed by atoms with Crippen molar-refractivity contribution in [3.05, 3.63) is 35.4 Å². The van der Waals surface area contributed by atoms with Crippen LogP contribution in [-0.2, 0) is 11.3 Å². The van der Waals surface area contributed by atoms with E-state index in [1.165, 1.54) is 4.90 Å². The number of nitrogens with two attached hydrogens (primary N) is 1. The molecule has 17 heavy (non-hydrogen) atoms. The molecular weight excluding hydrogens is 218 g/mol. The maximum absolute atomic E-state index is 11.3. The number of benzene rings is 1. The molecule has 0 saturated carbocycles. The molecule has 0 heterocycles. The molecule has 0 aliphatic heterocycles. The highest BCUT2D eigenvalue weighted by atomic mass is 16.2. The molecule has 0 spiro atoms. The van der Waals surface area contributed by atoms with Gasteiger partial charge in [-0.05, 0) is 11.6 Å². The smallest absolute Gasteiger partial charge is 0.249 e. The van der Waals surface area contributed by atoms with Gasteiger partial charge < -0.3 is 16.0 Å². The maximum atomic E-state index is 11.3. The molecule has 0 unspecified atom stereocenters. The highest BCUT2D eigenvalue weighted by Gasteiger charge is 2.07. The Labute approximate surface area is 101 Å². The van der Waals surface area contributed by atoms with Gasteiger partial charge in [-0.1, -0.05) is 18.2 Å². The van der Waals surface area contributed by atoms with Crippen LogP contribution in [0.3, 0.4) is 0 Å². The standard InChI is InChI=1S/C12H17N3O2/c1-15(2)11(16)8-14-7-9-5-3-4-6-10(9)12(13)17/h3-6,14H,7-8H2,1-2H3,(H2,13,17). The average Bonchev–Trinajstić information content (AvgIpc) is 2.29. The van der Waals surface area contributed by atoms with Gasteiger partial charge in [0, 0.05) is 26.2 Å². The van der Waals surface area contributed by atoms with E-state index in [0.29, 0.717) is 12.1 Å². The largest absolute Gasteiger partial charge is 0.366 e. The molecule has 0 aromatic heterocycles. The summed E-state index contributed by atoms with van der Waals surface area (Å²) in [6.07, 6.45) is 0. The van der Waals surface area contributed by atoms with E-state index in [-0.39, 0.29) is 12.5 Å². The summed E-state index contributed by atoms with van der Waals surface area (Å²) >= 11 is 0. The van der Waals surface area contributed by atoms with Gasteiger partial charge in [0.2, 0.25) is 11.8 Å². The lowest BCUT2D eigenvalue weighted by molar-refractivity contribution is -0.127. The zero-order valence-electron chi connectivity index (χ0n) is 10.1. The van der Waals surface area contributed by atoms with Crippen LogP contribution in [0.5, 0.6) is 0 Å². The number of amides is 2. The zero-order chi connectivity index (χ0) is 12.8. The fourth-order valence-electron chi connectivity index (χ4n) is 1.38. The first-order chi connectivity index (χ1) is 8.02. The first kappa shape index (κ1) is 13.2. The monoisotopic (exact) mass is 235 g/mol. The van der Waals surface area contributed by atoms with Crippen LogP contribution >= 0.6 is 0 Å². The van der Waals surface area contributed by atoms with Crippen molar-refractivity contribution in [1.82, 2.24) is 10.2 Å². The lowest BCUT2D eigenvalue weighted by Crippen LogP contribution is -2.33. The summed E-state index contributed by atoms with van der Waals surface area (Å²) in [4.78, 5) is 24.0. The lowest BCUT2D eigenvalue weighted by atomic mass is 10.1. The third-order valence-corrected chi connectivity index (χ3v) is 2.37. The average molecular weight is 235 g/mol. The van der Waals surface area contributed by atoms with Crippen LogP contribution in [0.1, 0.15) is 15.9 Å². The van der Waals surface area contributed by atoms with Crippen LogP contribution < -0.4 is 11.1 Å². The van der Waals surface area contributed by atoms with Gasteiger partial charge in [-0.25, -0.2) is 0 Å². The van der Waals surface area contributed by atoms with Gasteiger partial charge in [0.25, 0.3) is 0 Å². The molecule has 5 heteroatoms. The number of nitrogens with zero attached hydrogens (tertiary/aromatic N) is 1. The number of rotatable bonds is 5. The summed E-state index contributed by atoms with van der Waals surface area (Å²) < 4.78 is 0. The van der Waals surface area contributed by atoms with Crippen LogP contribution in [0.15, 0.2) is 24.3 Å². The Morgan fingerprint density at radius 3 is 2.53 bits per heavy atom. The molecule has 3 N–H and O–H groups in total. The number of nitrogens with one attached hydrogen (secondary N) is 1. The molecule has 5 nitrogen and oxygen atoms in total. The van der Waals surface area contributed by atoms with E-state index in [0.717, 1.165) is 5.56 Å². The second-order valence-electron chi connectivity index (χ2n) is 3.91. The van der Waals surface area contributed by atoms with Crippen molar-refractivity contribution in [3.8, 4) is 0 Å². The highest BCUT2D eigenvalue weighted by Crippen LogP contribution is 2.07. The summed E-state index contributed by atoms with van der Waals surface area (Å²) in [5.74, 6) is -0.470. The third-order valence-electron chi connectivity index (χ3n) is 2.37. The van der Waals surface area contributed by atoms with Gasteiger partial charge in [-0.3, -0.25) is 9.59 Å². The van der Waals surface area contributed by atoms with Crippen LogP contribution in [0.25, 0.3) is 0 Å². The van der Waals surface area contributed by atoms with Crippen molar-refractivity contribution < 1.29 is 9.59 Å². The molecule has 0 aliphatic rings. The summed E-state index contributed by atoms with van der Waals surface area (Å²) in [5, 5.41) is 2.98. The summed E-state index contributed by atoms with van der Waals surface area (Å²) in [6, 6.07) is 7.08. The van der Waals surface area contributed by atoms with E-state index in [2.05, 4.69) is 5.32 Å². The minimum atomic E-state index is -0.457. The highest BCUT2D eigenvalue weighted by molar-refractivity contribution is 5.94. The number of carbonyl (C=O) groups excluding carboxylic acids is 2.